The topological polar surface area (TPSA) is 156 Å². The number of nitrogens with zero attached hydrogens (tertiary/aromatic N) is 3. The highest BCUT2D eigenvalue weighted by Crippen LogP contribution is 2.20. The highest BCUT2D eigenvalue weighted by molar-refractivity contribution is 7.99. The van der Waals surface area contributed by atoms with Crippen molar-refractivity contribution in [3.63, 3.8) is 0 Å². The highest BCUT2D eigenvalue weighted by atomic mass is 32.2. The molecule has 11 nitrogen and oxygen atoms in total. The molecule has 0 atom stereocenters. The number of nitrogens with two attached hydrogens (primary N) is 1. The van der Waals surface area contributed by atoms with E-state index in [4.69, 9.17) is 10.5 Å². The van der Waals surface area contributed by atoms with Crippen LogP contribution in [0.2, 0.25) is 0 Å². The molecule has 0 aliphatic heterocycles. The fraction of sp³-hybridized carbons (Fsp3) is 0.550. The number of unbranched alkanes of at least 4 members (excludes halogenated alkanes) is 1. The number of carbonyl (C=O) groups excluding carboxylic acids is 1. The number of thioether (sulfide) groups is 1. The zero-order chi connectivity index (χ0) is 23.7. The normalized spacial score (nSPS) is 11.0. The Morgan fingerprint density at radius 3 is 2.66 bits per heavy atom. The molecular weight excluding hydrogens is 436 g/mol. The number of amides is 1. The summed E-state index contributed by atoms with van der Waals surface area (Å²) in [5.74, 6) is -0.610. The average molecular weight is 467 g/mol. The molecule has 0 saturated heterocycles. The second-order valence-electron chi connectivity index (χ2n) is 7.12. The van der Waals surface area contributed by atoms with Crippen molar-refractivity contribution in [1.82, 2.24) is 19.5 Å². The van der Waals surface area contributed by atoms with Crippen molar-refractivity contribution in [2.45, 2.75) is 51.2 Å². The minimum Gasteiger partial charge on any atom is -0.383 e. The van der Waals surface area contributed by atoms with Gasteiger partial charge in [-0.1, -0.05) is 38.5 Å². The van der Waals surface area contributed by atoms with E-state index in [1.54, 1.807) is 0 Å². The molecule has 12 heteroatoms. The van der Waals surface area contributed by atoms with Crippen LogP contribution in [0.4, 0.5) is 11.5 Å². The first kappa shape index (κ1) is 25.4. The van der Waals surface area contributed by atoms with Gasteiger partial charge in [0.1, 0.15) is 5.82 Å². The van der Waals surface area contributed by atoms with E-state index >= 15 is 0 Å². The van der Waals surface area contributed by atoms with Crippen LogP contribution in [0.3, 0.4) is 0 Å². The van der Waals surface area contributed by atoms with Crippen molar-refractivity contribution in [2.24, 2.45) is 0 Å². The smallest absolute Gasteiger partial charge is 0.330 e. The molecule has 0 radical (unpaired) electrons. The number of aromatic amines is 2. The van der Waals surface area contributed by atoms with Crippen LogP contribution in [0, 0.1) is 0 Å². The van der Waals surface area contributed by atoms with Gasteiger partial charge in [-0.2, -0.15) is 0 Å². The molecular formula is C20H30N6O5S. The van der Waals surface area contributed by atoms with Crippen LogP contribution in [0.1, 0.15) is 38.8 Å². The number of carbonyl (C=O) groups is 1. The van der Waals surface area contributed by atoms with Gasteiger partial charge in [0, 0.05) is 32.0 Å². The summed E-state index contributed by atoms with van der Waals surface area (Å²) in [6, 6.07) is 1.43. The number of H-pyrrole nitrogens is 2. The number of hydrogen-bond acceptors (Lipinski definition) is 8. The van der Waals surface area contributed by atoms with E-state index in [9.17, 15) is 19.2 Å². The molecule has 1 amide bonds. The molecule has 32 heavy (non-hydrogen) atoms. The number of hydrogen-bond donors (Lipinski definition) is 3. The Hall–Kier alpha value is -2.86. The number of nitrogen functional groups attached to an aromatic ring is 1. The Morgan fingerprint density at radius 1 is 1.25 bits per heavy atom. The maximum absolute atomic E-state index is 13.1. The standard InChI is InChI=1S/C20H30N6O5S/c1-4-6-8-26-17(21)16(18(29)24-20(26)30)25(9-10-31-3)15(28)12-32-19-22-13(7-5-2)11-14(27)23-19/h11H,4-10,12,21H2,1-3H3,(H,22,23,27)(H,24,29,30). The first-order valence-corrected chi connectivity index (χ1v) is 11.5. The first-order chi connectivity index (χ1) is 15.3. The molecule has 0 unspecified atom stereocenters. The van der Waals surface area contributed by atoms with Crippen LogP contribution in [0.25, 0.3) is 0 Å². The molecule has 0 spiro atoms. The SMILES string of the molecule is CCCCn1c(N)c(N(CCOC)C(=O)CSc2nc(CCC)cc(=O)[nH]2)c(=O)[nH]c1=O. The Morgan fingerprint density at radius 2 is 2.00 bits per heavy atom. The van der Waals surface area contributed by atoms with Gasteiger partial charge in [0.2, 0.25) is 5.91 Å². The molecule has 0 saturated carbocycles. The Kier molecular flexibility index (Phi) is 9.72. The van der Waals surface area contributed by atoms with Gasteiger partial charge in [0.25, 0.3) is 11.1 Å². The summed E-state index contributed by atoms with van der Waals surface area (Å²) < 4.78 is 6.34. The van der Waals surface area contributed by atoms with Gasteiger partial charge in [-0.05, 0) is 12.8 Å². The number of aromatic nitrogens is 4. The second-order valence-corrected chi connectivity index (χ2v) is 8.08. The van der Waals surface area contributed by atoms with Gasteiger partial charge in [0.15, 0.2) is 10.8 Å². The monoisotopic (exact) mass is 466 g/mol. The largest absolute Gasteiger partial charge is 0.383 e. The van der Waals surface area contributed by atoms with E-state index in [1.165, 1.54) is 22.6 Å². The zero-order valence-corrected chi connectivity index (χ0v) is 19.4. The van der Waals surface area contributed by atoms with E-state index in [-0.39, 0.29) is 36.0 Å². The summed E-state index contributed by atoms with van der Waals surface area (Å²) in [4.78, 5) is 60.1. The predicted octanol–water partition coefficient (Wildman–Crippen LogP) is 0.726. The van der Waals surface area contributed by atoms with Gasteiger partial charge in [-0.3, -0.25) is 23.9 Å². The van der Waals surface area contributed by atoms with Gasteiger partial charge in [-0.25, -0.2) is 9.78 Å². The van der Waals surface area contributed by atoms with E-state index in [2.05, 4.69) is 15.0 Å². The van der Waals surface area contributed by atoms with Crippen molar-refractivity contribution >= 4 is 29.2 Å². The van der Waals surface area contributed by atoms with E-state index in [0.29, 0.717) is 30.2 Å². The van der Waals surface area contributed by atoms with E-state index in [1.807, 2.05) is 13.8 Å². The summed E-state index contributed by atoms with van der Waals surface area (Å²) in [5, 5.41) is 0.316. The minimum atomic E-state index is -0.744. The molecule has 0 bridgehead atoms. The van der Waals surface area contributed by atoms with Crippen molar-refractivity contribution < 1.29 is 9.53 Å². The molecule has 2 aromatic heterocycles. The van der Waals surface area contributed by atoms with Crippen molar-refractivity contribution in [3.05, 3.63) is 43.0 Å². The lowest BCUT2D eigenvalue weighted by atomic mass is 10.2. The molecule has 0 aromatic carbocycles. The Bertz CT molecular complexity index is 1090. The number of anilines is 2. The molecule has 4 N–H and O–H groups in total. The molecule has 176 valence electrons. The van der Waals surface area contributed by atoms with Crippen molar-refractivity contribution in [3.8, 4) is 0 Å². The molecule has 0 fully saturated rings. The minimum absolute atomic E-state index is 0.0645. The van der Waals surface area contributed by atoms with Crippen molar-refractivity contribution in [2.75, 3.05) is 36.6 Å². The lowest BCUT2D eigenvalue weighted by molar-refractivity contribution is -0.116. The van der Waals surface area contributed by atoms with Crippen LogP contribution in [-0.4, -0.2) is 51.4 Å². The fourth-order valence-corrected chi connectivity index (χ4v) is 3.83. The Labute approximate surface area is 189 Å². The van der Waals surface area contributed by atoms with Gasteiger partial charge in [0.05, 0.1) is 12.4 Å². The summed E-state index contributed by atoms with van der Waals surface area (Å²) in [5.41, 5.74) is 5.05. The first-order valence-electron chi connectivity index (χ1n) is 10.5. The zero-order valence-electron chi connectivity index (χ0n) is 18.6. The van der Waals surface area contributed by atoms with Crippen LogP contribution < -0.4 is 27.4 Å². The number of rotatable bonds is 12. The number of ether oxygens (including phenoxy) is 1. The van der Waals surface area contributed by atoms with Gasteiger partial charge >= 0.3 is 5.69 Å². The quantitative estimate of drug-likeness (QED) is 0.305. The van der Waals surface area contributed by atoms with Crippen LogP contribution in [0.15, 0.2) is 25.6 Å². The maximum atomic E-state index is 13.1. The van der Waals surface area contributed by atoms with E-state index < -0.39 is 17.2 Å². The number of aryl methyl sites for hydroxylation is 1. The molecule has 2 rings (SSSR count). The molecule has 2 heterocycles. The summed E-state index contributed by atoms with van der Waals surface area (Å²) >= 11 is 1.05. The van der Waals surface area contributed by atoms with Gasteiger partial charge < -0.3 is 20.4 Å². The summed E-state index contributed by atoms with van der Waals surface area (Å²) in [6.45, 7) is 4.49. The number of methoxy groups -OCH3 is 1. The lowest BCUT2D eigenvalue weighted by Crippen LogP contribution is -2.43. The van der Waals surface area contributed by atoms with Crippen LogP contribution in [-0.2, 0) is 22.5 Å². The third-order valence-corrected chi connectivity index (χ3v) is 5.51. The fourth-order valence-electron chi connectivity index (χ4n) is 3.06. The van der Waals surface area contributed by atoms with Gasteiger partial charge in [-0.15, -0.1) is 0 Å². The van der Waals surface area contributed by atoms with Crippen LogP contribution in [0.5, 0.6) is 0 Å². The summed E-state index contributed by atoms with van der Waals surface area (Å²) in [7, 11) is 1.47. The Balaban J connectivity index is 2.34. The van der Waals surface area contributed by atoms with E-state index in [0.717, 1.165) is 24.6 Å². The molecule has 2 aromatic rings. The third-order valence-electron chi connectivity index (χ3n) is 4.65. The molecule has 0 aliphatic carbocycles. The average Bonchev–Trinajstić information content (AvgIpc) is 2.74. The highest BCUT2D eigenvalue weighted by Gasteiger charge is 2.24. The summed E-state index contributed by atoms with van der Waals surface area (Å²) in [6.07, 6.45) is 2.99. The maximum Gasteiger partial charge on any atom is 0.330 e. The lowest BCUT2D eigenvalue weighted by Gasteiger charge is -2.24. The van der Waals surface area contributed by atoms with Crippen molar-refractivity contribution in [1.29, 1.82) is 0 Å². The molecule has 0 aliphatic rings. The number of nitrogens with one attached hydrogen (secondary N) is 2. The van der Waals surface area contributed by atoms with Crippen LogP contribution >= 0.6 is 11.8 Å². The predicted molar refractivity (Wildman–Crippen MR) is 124 cm³/mol. The third kappa shape index (κ3) is 6.57. The second kappa shape index (κ2) is 12.2.